The molecule has 0 spiro atoms. The molecule has 0 saturated carbocycles. The van der Waals surface area contributed by atoms with E-state index in [0.29, 0.717) is 5.88 Å². The first kappa shape index (κ1) is 8.27. The van der Waals surface area contributed by atoms with Gasteiger partial charge in [0, 0.05) is 11.3 Å². The van der Waals surface area contributed by atoms with Crippen LogP contribution in [0.1, 0.15) is 11.3 Å². The molecule has 0 fully saturated rings. The first-order chi connectivity index (χ1) is 5.15. The fourth-order valence-electron chi connectivity index (χ4n) is 0.768. The molecule has 60 valence electrons. The van der Waals surface area contributed by atoms with Crippen molar-refractivity contribution in [3.8, 4) is 5.88 Å². The van der Waals surface area contributed by atoms with Gasteiger partial charge in [0.25, 0.3) is 0 Å². The summed E-state index contributed by atoms with van der Waals surface area (Å²) in [6.45, 7) is 3.76. The topological polar surface area (TPSA) is 35.0 Å². The quantitative estimate of drug-likeness (QED) is 0.606. The molecule has 3 nitrogen and oxygen atoms in total. The zero-order valence-corrected chi connectivity index (χ0v) is 7.44. The molecule has 0 bridgehead atoms. The molecular formula is C7H9ClN2O. The second-order valence-corrected chi connectivity index (χ2v) is 2.55. The fourth-order valence-corrected chi connectivity index (χ4v) is 0.972. The van der Waals surface area contributed by atoms with Crippen LogP contribution < -0.4 is 4.74 Å². The van der Waals surface area contributed by atoms with Crippen molar-refractivity contribution in [1.82, 2.24) is 9.97 Å². The van der Waals surface area contributed by atoms with Crippen molar-refractivity contribution in [2.24, 2.45) is 0 Å². The third-order valence-corrected chi connectivity index (χ3v) is 1.68. The van der Waals surface area contributed by atoms with Crippen LogP contribution in [0, 0.1) is 13.8 Å². The molecule has 0 amide bonds. The molecule has 0 aliphatic rings. The Morgan fingerprint density at radius 2 is 1.91 bits per heavy atom. The Labute approximate surface area is 70.4 Å². The van der Waals surface area contributed by atoms with Crippen molar-refractivity contribution in [3.63, 3.8) is 0 Å². The highest BCUT2D eigenvalue weighted by molar-refractivity contribution is 6.28. The predicted molar refractivity (Wildman–Crippen MR) is 43.1 cm³/mol. The number of methoxy groups -OCH3 is 1. The highest BCUT2D eigenvalue weighted by atomic mass is 35.5. The van der Waals surface area contributed by atoms with Gasteiger partial charge in [0.15, 0.2) is 0 Å². The Kier molecular flexibility index (Phi) is 2.29. The van der Waals surface area contributed by atoms with Crippen molar-refractivity contribution in [1.29, 1.82) is 0 Å². The number of hydrogen-bond acceptors (Lipinski definition) is 3. The van der Waals surface area contributed by atoms with E-state index in [2.05, 4.69) is 9.97 Å². The first-order valence-electron chi connectivity index (χ1n) is 3.20. The third-order valence-electron chi connectivity index (χ3n) is 1.51. The van der Waals surface area contributed by atoms with E-state index in [1.165, 1.54) is 0 Å². The molecule has 0 radical (unpaired) electrons. The Hall–Kier alpha value is -0.830. The van der Waals surface area contributed by atoms with Gasteiger partial charge in [-0.05, 0) is 25.4 Å². The SMILES string of the molecule is COc1nc(Cl)nc(C)c1C. The summed E-state index contributed by atoms with van der Waals surface area (Å²) in [6, 6.07) is 0. The lowest BCUT2D eigenvalue weighted by Crippen LogP contribution is -1.97. The van der Waals surface area contributed by atoms with E-state index in [1.54, 1.807) is 7.11 Å². The summed E-state index contributed by atoms with van der Waals surface area (Å²) in [5.41, 5.74) is 1.78. The number of aromatic nitrogens is 2. The van der Waals surface area contributed by atoms with Crippen LogP contribution in [0.3, 0.4) is 0 Å². The van der Waals surface area contributed by atoms with Gasteiger partial charge in [-0.15, -0.1) is 0 Å². The van der Waals surface area contributed by atoms with Crippen LogP contribution in [0.2, 0.25) is 5.28 Å². The van der Waals surface area contributed by atoms with Crippen LogP contribution in [-0.2, 0) is 0 Å². The monoisotopic (exact) mass is 172 g/mol. The second kappa shape index (κ2) is 3.05. The van der Waals surface area contributed by atoms with E-state index in [1.807, 2.05) is 13.8 Å². The van der Waals surface area contributed by atoms with Crippen LogP contribution in [0.5, 0.6) is 5.88 Å². The minimum absolute atomic E-state index is 0.227. The largest absolute Gasteiger partial charge is 0.481 e. The van der Waals surface area contributed by atoms with Crippen molar-refractivity contribution in [3.05, 3.63) is 16.5 Å². The highest BCUT2D eigenvalue weighted by Gasteiger charge is 2.05. The minimum atomic E-state index is 0.227. The summed E-state index contributed by atoms with van der Waals surface area (Å²) in [6.07, 6.45) is 0. The van der Waals surface area contributed by atoms with Crippen molar-refractivity contribution in [2.75, 3.05) is 7.11 Å². The summed E-state index contributed by atoms with van der Waals surface area (Å²) >= 11 is 5.60. The van der Waals surface area contributed by atoms with E-state index in [9.17, 15) is 0 Å². The van der Waals surface area contributed by atoms with Crippen LogP contribution in [0.4, 0.5) is 0 Å². The Balaban J connectivity index is 3.24. The van der Waals surface area contributed by atoms with E-state index >= 15 is 0 Å². The normalized spacial score (nSPS) is 9.82. The maximum atomic E-state index is 5.60. The van der Waals surface area contributed by atoms with E-state index in [-0.39, 0.29) is 5.28 Å². The van der Waals surface area contributed by atoms with Gasteiger partial charge in [0.1, 0.15) is 0 Å². The number of nitrogens with zero attached hydrogens (tertiary/aromatic N) is 2. The molecular weight excluding hydrogens is 164 g/mol. The predicted octanol–water partition coefficient (Wildman–Crippen LogP) is 1.76. The average molecular weight is 173 g/mol. The fraction of sp³-hybridized carbons (Fsp3) is 0.429. The zero-order valence-electron chi connectivity index (χ0n) is 6.68. The molecule has 1 heterocycles. The number of aryl methyl sites for hydroxylation is 1. The zero-order chi connectivity index (χ0) is 8.43. The third kappa shape index (κ3) is 1.60. The number of rotatable bonds is 1. The van der Waals surface area contributed by atoms with Gasteiger partial charge in [0.2, 0.25) is 11.2 Å². The lowest BCUT2D eigenvalue weighted by Gasteiger charge is -2.04. The Morgan fingerprint density at radius 1 is 1.27 bits per heavy atom. The molecule has 0 atom stereocenters. The van der Waals surface area contributed by atoms with Gasteiger partial charge >= 0.3 is 0 Å². The number of ether oxygens (including phenoxy) is 1. The van der Waals surface area contributed by atoms with Gasteiger partial charge in [-0.3, -0.25) is 0 Å². The van der Waals surface area contributed by atoms with Crippen molar-refractivity contribution < 1.29 is 4.74 Å². The summed E-state index contributed by atoms with van der Waals surface area (Å²) in [7, 11) is 1.56. The summed E-state index contributed by atoms with van der Waals surface area (Å²) < 4.78 is 4.97. The van der Waals surface area contributed by atoms with Crippen molar-refractivity contribution >= 4 is 11.6 Å². The minimum Gasteiger partial charge on any atom is -0.481 e. The Morgan fingerprint density at radius 3 is 2.45 bits per heavy atom. The van der Waals surface area contributed by atoms with Crippen molar-refractivity contribution in [2.45, 2.75) is 13.8 Å². The molecule has 0 unspecified atom stereocenters. The van der Waals surface area contributed by atoms with E-state index in [0.717, 1.165) is 11.3 Å². The molecule has 0 aromatic carbocycles. The van der Waals surface area contributed by atoms with E-state index in [4.69, 9.17) is 16.3 Å². The lowest BCUT2D eigenvalue weighted by atomic mass is 10.3. The molecule has 0 saturated heterocycles. The maximum absolute atomic E-state index is 5.60. The summed E-state index contributed by atoms with van der Waals surface area (Å²) in [5, 5.41) is 0.227. The van der Waals surface area contributed by atoms with Crippen LogP contribution in [0.25, 0.3) is 0 Å². The molecule has 0 aliphatic carbocycles. The average Bonchev–Trinajstić information content (AvgIpc) is 1.96. The van der Waals surface area contributed by atoms with Gasteiger partial charge in [-0.25, -0.2) is 4.98 Å². The van der Waals surface area contributed by atoms with E-state index < -0.39 is 0 Å². The van der Waals surface area contributed by atoms with Gasteiger partial charge < -0.3 is 4.74 Å². The molecule has 0 N–H and O–H groups in total. The second-order valence-electron chi connectivity index (χ2n) is 2.21. The summed E-state index contributed by atoms with van der Waals surface area (Å²) in [5.74, 6) is 0.544. The molecule has 1 rings (SSSR count). The number of halogens is 1. The maximum Gasteiger partial charge on any atom is 0.225 e. The standard InChI is InChI=1S/C7H9ClN2O/c1-4-5(2)9-7(8)10-6(4)11-3/h1-3H3. The number of hydrogen-bond donors (Lipinski definition) is 0. The van der Waals surface area contributed by atoms with Crippen LogP contribution in [-0.4, -0.2) is 17.1 Å². The lowest BCUT2D eigenvalue weighted by molar-refractivity contribution is 0.393. The van der Waals surface area contributed by atoms with Gasteiger partial charge in [0.05, 0.1) is 7.11 Å². The summed E-state index contributed by atoms with van der Waals surface area (Å²) in [4.78, 5) is 7.84. The highest BCUT2D eigenvalue weighted by Crippen LogP contribution is 2.18. The smallest absolute Gasteiger partial charge is 0.225 e. The van der Waals surface area contributed by atoms with Crippen LogP contribution in [0.15, 0.2) is 0 Å². The van der Waals surface area contributed by atoms with Crippen LogP contribution >= 0.6 is 11.6 Å². The molecule has 1 aromatic rings. The van der Waals surface area contributed by atoms with Gasteiger partial charge in [-0.1, -0.05) is 0 Å². The first-order valence-corrected chi connectivity index (χ1v) is 3.57. The Bertz CT molecular complexity index is 275. The molecule has 0 aliphatic heterocycles. The molecule has 1 aromatic heterocycles. The van der Waals surface area contributed by atoms with Gasteiger partial charge in [-0.2, -0.15) is 4.98 Å². The molecule has 11 heavy (non-hydrogen) atoms. The molecule has 4 heteroatoms.